The summed E-state index contributed by atoms with van der Waals surface area (Å²) in [6.45, 7) is 2.85. The highest BCUT2D eigenvalue weighted by atomic mass is 32.1. The van der Waals surface area contributed by atoms with Crippen molar-refractivity contribution in [1.82, 2.24) is 9.88 Å². The molecule has 1 aromatic heterocycles. The van der Waals surface area contributed by atoms with Gasteiger partial charge in [-0.2, -0.15) is 0 Å². The summed E-state index contributed by atoms with van der Waals surface area (Å²) in [7, 11) is 0. The number of aromatic nitrogens is 1. The molecule has 3 nitrogen and oxygen atoms in total. The maximum absolute atomic E-state index is 13.5. The van der Waals surface area contributed by atoms with Crippen molar-refractivity contribution in [2.75, 3.05) is 19.7 Å². The lowest BCUT2D eigenvalue weighted by Crippen LogP contribution is -2.42. The number of rotatable bonds is 6. The summed E-state index contributed by atoms with van der Waals surface area (Å²) in [6.07, 6.45) is 2.55. The molecule has 1 fully saturated rings. The van der Waals surface area contributed by atoms with Crippen molar-refractivity contribution in [1.29, 1.82) is 0 Å². The molecular weight excluding hydrogens is 371 g/mol. The highest BCUT2D eigenvalue weighted by Crippen LogP contribution is 2.35. The predicted octanol–water partition coefficient (Wildman–Crippen LogP) is 4.77. The molecule has 4 rings (SSSR count). The van der Waals surface area contributed by atoms with Crippen LogP contribution < -0.4 is 0 Å². The van der Waals surface area contributed by atoms with Gasteiger partial charge in [-0.25, -0.2) is 9.37 Å². The van der Waals surface area contributed by atoms with Crippen molar-refractivity contribution >= 4 is 11.3 Å². The van der Waals surface area contributed by atoms with Crippen molar-refractivity contribution in [2.45, 2.75) is 25.8 Å². The van der Waals surface area contributed by atoms with Crippen LogP contribution in [0.15, 0.2) is 60.0 Å². The van der Waals surface area contributed by atoms with Gasteiger partial charge in [0.05, 0.1) is 12.2 Å². The average molecular weight is 397 g/mol. The van der Waals surface area contributed by atoms with Crippen molar-refractivity contribution < 1.29 is 9.50 Å². The number of hydrogen-bond acceptors (Lipinski definition) is 4. The third-order valence-electron chi connectivity index (χ3n) is 5.70. The van der Waals surface area contributed by atoms with Gasteiger partial charge in [0.1, 0.15) is 10.8 Å². The van der Waals surface area contributed by atoms with E-state index in [1.165, 1.54) is 6.07 Å². The fourth-order valence-corrected chi connectivity index (χ4v) is 4.82. The molecule has 2 aromatic carbocycles. The lowest BCUT2D eigenvalue weighted by Gasteiger charge is -2.40. The molecule has 5 heteroatoms. The minimum atomic E-state index is -0.207. The molecule has 0 saturated carbocycles. The van der Waals surface area contributed by atoms with Crippen LogP contribution in [0.2, 0.25) is 0 Å². The highest BCUT2D eigenvalue weighted by molar-refractivity contribution is 7.09. The van der Waals surface area contributed by atoms with Gasteiger partial charge in [0.15, 0.2) is 0 Å². The van der Waals surface area contributed by atoms with Crippen LogP contribution in [0.1, 0.15) is 23.4 Å². The summed E-state index contributed by atoms with van der Waals surface area (Å²) in [5, 5.41) is 13.3. The Bertz CT molecular complexity index is 904. The van der Waals surface area contributed by atoms with E-state index < -0.39 is 0 Å². The van der Waals surface area contributed by atoms with Gasteiger partial charge in [-0.3, -0.25) is 4.90 Å². The Kier molecular flexibility index (Phi) is 5.85. The maximum Gasteiger partial charge on any atom is 0.123 e. The van der Waals surface area contributed by atoms with E-state index in [-0.39, 0.29) is 17.8 Å². The number of piperidine rings is 1. The molecule has 146 valence electrons. The first-order valence-corrected chi connectivity index (χ1v) is 10.6. The van der Waals surface area contributed by atoms with E-state index >= 15 is 0 Å². The topological polar surface area (TPSA) is 36.4 Å². The summed E-state index contributed by atoms with van der Waals surface area (Å²) in [5.74, 6) is -0.207. The molecule has 2 heterocycles. The van der Waals surface area contributed by atoms with Crippen LogP contribution in [0.3, 0.4) is 0 Å². The van der Waals surface area contributed by atoms with Crippen LogP contribution in [-0.4, -0.2) is 34.7 Å². The van der Waals surface area contributed by atoms with Gasteiger partial charge in [-0.1, -0.05) is 42.5 Å². The Morgan fingerprint density at radius 2 is 1.86 bits per heavy atom. The number of benzene rings is 2. The van der Waals surface area contributed by atoms with Crippen LogP contribution in [0, 0.1) is 11.2 Å². The minimum absolute atomic E-state index is 0.146. The van der Waals surface area contributed by atoms with E-state index in [0.29, 0.717) is 0 Å². The predicted molar refractivity (Wildman–Crippen MR) is 112 cm³/mol. The van der Waals surface area contributed by atoms with E-state index in [1.807, 2.05) is 24.3 Å². The van der Waals surface area contributed by atoms with E-state index in [0.717, 1.165) is 60.7 Å². The molecular formula is C23H25FN2OS. The van der Waals surface area contributed by atoms with Crippen molar-refractivity contribution in [2.24, 2.45) is 5.41 Å². The Hall–Kier alpha value is -2.08. The Labute approximate surface area is 169 Å². The van der Waals surface area contributed by atoms with Crippen LogP contribution >= 0.6 is 11.3 Å². The lowest BCUT2D eigenvalue weighted by atomic mass is 9.74. The zero-order chi connectivity index (χ0) is 19.4. The van der Waals surface area contributed by atoms with Crippen molar-refractivity contribution in [3.8, 4) is 11.3 Å². The van der Waals surface area contributed by atoms with Crippen molar-refractivity contribution in [3.63, 3.8) is 0 Å². The van der Waals surface area contributed by atoms with E-state index in [9.17, 15) is 9.50 Å². The zero-order valence-electron chi connectivity index (χ0n) is 15.9. The Morgan fingerprint density at radius 1 is 1.07 bits per heavy atom. The minimum Gasteiger partial charge on any atom is -0.396 e. The summed E-state index contributed by atoms with van der Waals surface area (Å²) in [6, 6.07) is 17.0. The van der Waals surface area contributed by atoms with Gasteiger partial charge in [0.2, 0.25) is 0 Å². The fourth-order valence-electron chi connectivity index (χ4n) is 3.97. The number of halogens is 1. The monoisotopic (exact) mass is 396 g/mol. The van der Waals surface area contributed by atoms with Crippen LogP contribution in [0.5, 0.6) is 0 Å². The Balaban J connectivity index is 1.36. The fraction of sp³-hybridized carbons (Fsp3) is 0.348. The molecule has 0 spiro atoms. The van der Waals surface area contributed by atoms with E-state index in [1.54, 1.807) is 23.5 Å². The highest BCUT2D eigenvalue weighted by Gasteiger charge is 2.34. The zero-order valence-corrected chi connectivity index (χ0v) is 16.7. The number of nitrogens with zero attached hydrogens (tertiary/aromatic N) is 2. The summed E-state index contributed by atoms with van der Waals surface area (Å²) >= 11 is 1.70. The van der Waals surface area contributed by atoms with Gasteiger partial charge in [0.25, 0.3) is 0 Å². The first-order chi connectivity index (χ1) is 13.7. The lowest BCUT2D eigenvalue weighted by molar-refractivity contribution is 0.0413. The van der Waals surface area contributed by atoms with E-state index in [4.69, 9.17) is 4.98 Å². The quantitative estimate of drug-likeness (QED) is 0.652. The number of likely N-dealkylation sites (tertiary alicyclic amines) is 1. The molecule has 0 unspecified atom stereocenters. The summed E-state index contributed by atoms with van der Waals surface area (Å²) in [4.78, 5) is 7.20. The van der Waals surface area contributed by atoms with Gasteiger partial charge in [-0.15, -0.1) is 11.3 Å². The summed E-state index contributed by atoms with van der Waals surface area (Å²) < 4.78 is 13.5. The Morgan fingerprint density at radius 3 is 2.57 bits per heavy atom. The normalized spacial score (nSPS) is 16.9. The molecule has 1 aliphatic rings. The third kappa shape index (κ3) is 4.49. The number of aliphatic hydroxyl groups is 1. The molecule has 0 radical (unpaired) electrons. The number of thiazole rings is 1. The SMILES string of the molecule is OCC1(Cc2cccc(F)c2)CCN(Cc2nc(-c3ccccc3)cs2)CC1. The largest absolute Gasteiger partial charge is 0.396 e. The molecule has 0 aliphatic carbocycles. The first kappa shape index (κ1) is 19.2. The van der Waals surface area contributed by atoms with Crippen LogP contribution in [-0.2, 0) is 13.0 Å². The standard InChI is InChI=1S/C23H25FN2OS/c24-20-8-4-5-18(13-20)14-23(17-27)9-11-26(12-10-23)15-22-25-21(16-28-22)19-6-2-1-3-7-19/h1-8,13,16,27H,9-12,14-15,17H2. The van der Waals surface area contributed by atoms with E-state index in [2.05, 4.69) is 22.4 Å². The summed E-state index contributed by atoms with van der Waals surface area (Å²) in [5.41, 5.74) is 3.00. The smallest absolute Gasteiger partial charge is 0.123 e. The average Bonchev–Trinajstić information content (AvgIpc) is 3.19. The number of aliphatic hydroxyl groups excluding tert-OH is 1. The molecule has 0 atom stereocenters. The molecule has 0 amide bonds. The molecule has 1 saturated heterocycles. The van der Waals surface area contributed by atoms with Gasteiger partial charge in [-0.05, 0) is 55.5 Å². The molecule has 3 aromatic rings. The van der Waals surface area contributed by atoms with Gasteiger partial charge in [0, 0.05) is 17.6 Å². The third-order valence-corrected chi connectivity index (χ3v) is 6.53. The van der Waals surface area contributed by atoms with Crippen molar-refractivity contribution in [3.05, 3.63) is 76.4 Å². The molecule has 1 N–H and O–H groups in total. The molecule has 28 heavy (non-hydrogen) atoms. The second-order valence-electron chi connectivity index (χ2n) is 7.73. The molecule has 1 aliphatic heterocycles. The van der Waals surface area contributed by atoms with Crippen LogP contribution in [0.25, 0.3) is 11.3 Å². The van der Waals surface area contributed by atoms with Gasteiger partial charge < -0.3 is 5.11 Å². The first-order valence-electron chi connectivity index (χ1n) is 9.73. The maximum atomic E-state index is 13.5. The van der Waals surface area contributed by atoms with Gasteiger partial charge >= 0.3 is 0 Å². The second-order valence-corrected chi connectivity index (χ2v) is 8.68. The number of hydrogen-bond donors (Lipinski definition) is 1. The molecule has 0 bridgehead atoms. The second kappa shape index (κ2) is 8.52. The van der Waals surface area contributed by atoms with Crippen LogP contribution in [0.4, 0.5) is 4.39 Å².